The Balaban J connectivity index is 2.28. The van der Waals surface area contributed by atoms with Crippen LogP contribution in [0.2, 0.25) is 5.02 Å². The number of benzene rings is 2. The molecule has 2 aromatic rings. The number of hydrogen-bond donors (Lipinski definition) is 0. The lowest BCUT2D eigenvalue weighted by atomic mass is 10.2. The standard InChI is InChI=1S/C13H9BrCl2O/c14-10-3-1-2-4-12(10)17-13-6-5-9(8-15)7-11(13)16/h1-7H,8H2. The van der Waals surface area contributed by atoms with E-state index in [1.807, 2.05) is 36.4 Å². The Morgan fingerprint density at radius 1 is 1.06 bits per heavy atom. The van der Waals surface area contributed by atoms with Crippen LogP contribution in [0.3, 0.4) is 0 Å². The molecule has 2 aromatic carbocycles. The van der Waals surface area contributed by atoms with Crippen LogP contribution in [0.5, 0.6) is 11.5 Å². The number of rotatable bonds is 3. The maximum absolute atomic E-state index is 6.11. The van der Waals surface area contributed by atoms with E-state index in [1.54, 1.807) is 6.07 Å². The molecule has 17 heavy (non-hydrogen) atoms. The smallest absolute Gasteiger partial charge is 0.146 e. The van der Waals surface area contributed by atoms with Crippen molar-refractivity contribution in [3.8, 4) is 11.5 Å². The summed E-state index contributed by atoms with van der Waals surface area (Å²) in [4.78, 5) is 0. The average Bonchev–Trinajstić information content (AvgIpc) is 2.34. The minimum atomic E-state index is 0.440. The third-order valence-corrected chi connectivity index (χ3v) is 3.47. The van der Waals surface area contributed by atoms with Crippen molar-refractivity contribution in [1.82, 2.24) is 0 Å². The van der Waals surface area contributed by atoms with Crippen LogP contribution in [-0.2, 0) is 5.88 Å². The largest absolute Gasteiger partial charge is 0.455 e. The average molecular weight is 332 g/mol. The fraction of sp³-hybridized carbons (Fsp3) is 0.0769. The third-order valence-electron chi connectivity index (χ3n) is 2.21. The lowest BCUT2D eigenvalue weighted by molar-refractivity contribution is 0.480. The molecule has 0 fully saturated rings. The molecule has 0 aliphatic heterocycles. The molecule has 0 N–H and O–H groups in total. The first-order chi connectivity index (χ1) is 8.20. The maximum atomic E-state index is 6.11. The van der Waals surface area contributed by atoms with E-state index >= 15 is 0 Å². The second-order valence-electron chi connectivity index (χ2n) is 3.43. The Bertz CT molecular complexity index is 529. The molecule has 0 heterocycles. The van der Waals surface area contributed by atoms with Crippen LogP contribution in [-0.4, -0.2) is 0 Å². The first-order valence-electron chi connectivity index (χ1n) is 4.97. The summed E-state index contributed by atoms with van der Waals surface area (Å²) in [5.41, 5.74) is 0.969. The van der Waals surface area contributed by atoms with Crippen LogP contribution >= 0.6 is 39.1 Å². The van der Waals surface area contributed by atoms with Crippen molar-refractivity contribution in [2.45, 2.75) is 5.88 Å². The molecule has 0 saturated heterocycles. The first-order valence-corrected chi connectivity index (χ1v) is 6.68. The summed E-state index contributed by atoms with van der Waals surface area (Å²) in [5, 5.41) is 0.555. The summed E-state index contributed by atoms with van der Waals surface area (Å²) in [6.07, 6.45) is 0. The van der Waals surface area contributed by atoms with Crippen molar-refractivity contribution in [2.24, 2.45) is 0 Å². The Morgan fingerprint density at radius 2 is 1.82 bits per heavy atom. The lowest BCUT2D eigenvalue weighted by Gasteiger charge is -2.09. The van der Waals surface area contributed by atoms with Gasteiger partial charge in [-0.2, -0.15) is 0 Å². The number of alkyl halides is 1. The summed E-state index contributed by atoms with van der Waals surface area (Å²) in [6.45, 7) is 0. The van der Waals surface area contributed by atoms with Gasteiger partial charge in [-0.05, 0) is 45.8 Å². The highest BCUT2D eigenvalue weighted by molar-refractivity contribution is 9.10. The van der Waals surface area contributed by atoms with Gasteiger partial charge in [0.2, 0.25) is 0 Å². The normalized spacial score (nSPS) is 10.3. The molecule has 1 nitrogen and oxygen atoms in total. The Kier molecular flexibility index (Phi) is 4.32. The number of hydrogen-bond acceptors (Lipinski definition) is 1. The zero-order valence-electron chi connectivity index (χ0n) is 8.79. The van der Waals surface area contributed by atoms with Crippen molar-refractivity contribution in [1.29, 1.82) is 0 Å². The van der Waals surface area contributed by atoms with Gasteiger partial charge in [-0.15, -0.1) is 11.6 Å². The fourth-order valence-electron chi connectivity index (χ4n) is 1.36. The zero-order chi connectivity index (χ0) is 12.3. The fourth-order valence-corrected chi connectivity index (χ4v) is 2.13. The number of para-hydroxylation sites is 1. The highest BCUT2D eigenvalue weighted by Crippen LogP contribution is 2.34. The van der Waals surface area contributed by atoms with Gasteiger partial charge in [-0.25, -0.2) is 0 Å². The predicted molar refractivity (Wildman–Crippen MR) is 75.2 cm³/mol. The molecule has 0 amide bonds. The van der Waals surface area contributed by atoms with Crippen molar-refractivity contribution in [2.75, 3.05) is 0 Å². The van der Waals surface area contributed by atoms with E-state index in [2.05, 4.69) is 15.9 Å². The van der Waals surface area contributed by atoms with E-state index in [1.165, 1.54) is 0 Å². The molecule has 0 unspecified atom stereocenters. The van der Waals surface area contributed by atoms with E-state index < -0.39 is 0 Å². The van der Waals surface area contributed by atoms with Gasteiger partial charge < -0.3 is 4.74 Å². The zero-order valence-corrected chi connectivity index (χ0v) is 11.9. The van der Waals surface area contributed by atoms with Crippen LogP contribution in [0.1, 0.15) is 5.56 Å². The van der Waals surface area contributed by atoms with Gasteiger partial charge in [0.25, 0.3) is 0 Å². The summed E-state index contributed by atoms with van der Waals surface area (Å²) in [5.74, 6) is 1.79. The van der Waals surface area contributed by atoms with Gasteiger partial charge in [0.1, 0.15) is 11.5 Å². The quantitative estimate of drug-likeness (QED) is 0.662. The number of ether oxygens (including phenoxy) is 1. The molecule has 0 bridgehead atoms. The van der Waals surface area contributed by atoms with Crippen LogP contribution < -0.4 is 4.74 Å². The molecular formula is C13H9BrCl2O. The minimum absolute atomic E-state index is 0.440. The Labute approximate surface area is 118 Å². The molecular weight excluding hydrogens is 323 g/mol. The Morgan fingerprint density at radius 3 is 2.47 bits per heavy atom. The number of halogens is 3. The molecule has 88 valence electrons. The molecule has 0 aromatic heterocycles. The van der Waals surface area contributed by atoms with Gasteiger partial charge in [-0.3, -0.25) is 0 Å². The van der Waals surface area contributed by atoms with Crippen molar-refractivity contribution in [3.05, 3.63) is 57.5 Å². The van der Waals surface area contributed by atoms with E-state index in [0.29, 0.717) is 16.7 Å². The van der Waals surface area contributed by atoms with Gasteiger partial charge in [0, 0.05) is 5.88 Å². The van der Waals surface area contributed by atoms with E-state index in [0.717, 1.165) is 15.8 Å². The molecule has 2 rings (SSSR count). The highest BCUT2D eigenvalue weighted by Gasteiger charge is 2.06. The maximum Gasteiger partial charge on any atom is 0.146 e. The Hall–Kier alpha value is -0.700. The summed E-state index contributed by atoms with van der Waals surface area (Å²) < 4.78 is 6.60. The SMILES string of the molecule is ClCc1ccc(Oc2ccccc2Br)c(Cl)c1. The highest BCUT2D eigenvalue weighted by atomic mass is 79.9. The summed E-state index contributed by atoms with van der Waals surface area (Å²) in [6, 6.07) is 13.1. The van der Waals surface area contributed by atoms with Crippen LogP contribution in [0.15, 0.2) is 46.9 Å². The van der Waals surface area contributed by atoms with Crippen molar-refractivity contribution >= 4 is 39.1 Å². The molecule has 4 heteroatoms. The van der Waals surface area contributed by atoms with Gasteiger partial charge >= 0.3 is 0 Å². The van der Waals surface area contributed by atoms with E-state index in [4.69, 9.17) is 27.9 Å². The second kappa shape index (κ2) is 5.76. The second-order valence-corrected chi connectivity index (χ2v) is 4.96. The van der Waals surface area contributed by atoms with Gasteiger partial charge in [-0.1, -0.05) is 29.8 Å². The van der Waals surface area contributed by atoms with Gasteiger partial charge in [0.05, 0.1) is 9.50 Å². The van der Waals surface area contributed by atoms with Crippen LogP contribution in [0.25, 0.3) is 0 Å². The molecule has 0 spiro atoms. The molecule has 0 radical (unpaired) electrons. The molecule has 0 aliphatic rings. The van der Waals surface area contributed by atoms with Crippen molar-refractivity contribution < 1.29 is 4.74 Å². The van der Waals surface area contributed by atoms with Crippen molar-refractivity contribution in [3.63, 3.8) is 0 Å². The third kappa shape index (κ3) is 3.15. The lowest BCUT2D eigenvalue weighted by Crippen LogP contribution is -1.87. The first kappa shape index (κ1) is 12.7. The predicted octanol–water partition coefficient (Wildman–Crippen LogP) is 5.63. The monoisotopic (exact) mass is 330 g/mol. The van der Waals surface area contributed by atoms with Crippen LogP contribution in [0.4, 0.5) is 0 Å². The minimum Gasteiger partial charge on any atom is -0.455 e. The molecule has 0 atom stereocenters. The van der Waals surface area contributed by atoms with E-state index in [9.17, 15) is 0 Å². The topological polar surface area (TPSA) is 9.23 Å². The summed E-state index contributed by atoms with van der Waals surface area (Å²) >= 11 is 15.3. The van der Waals surface area contributed by atoms with Gasteiger partial charge in [0.15, 0.2) is 0 Å². The molecule has 0 saturated carbocycles. The summed E-state index contributed by atoms with van der Waals surface area (Å²) in [7, 11) is 0. The van der Waals surface area contributed by atoms with Crippen LogP contribution in [0, 0.1) is 0 Å². The van der Waals surface area contributed by atoms with E-state index in [-0.39, 0.29) is 0 Å². The molecule has 0 aliphatic carbocycles.